The van der Waals surface area contributed by atoms with E-state index >= 15 is 0 Å². The Morgan fingerprint density at radius 3 is 3.15 bits per heavy atom. The molecule has 2 unspecified atom stereocenters. The zero-order valence-electron chi connectivity index (χ0n) is 15.3. The zero-order valence-corrected chi connectivity index (χ0v) is 15.3. The van der Waals surface area contributed by atoms with Gasteiger partial charge in [-0.15, -0.1) is 6.58 Å². The smallest absolute Gasteiger partial charge is 0.305 e. The second kappa shape index (κ2) is 8.62. The third-order valence-corrected chi connectivity index (χ3v) is 5.67. The number of carbonyl (C=O) groups is 2. The minimum absolute atomic E-state index is 0.00865. The molecule has 3 aliphatic heterocycles. The maximum atomic E-state index is 12.6. The molecule has 2 fully saturated rings. The normalized spacial score (nSPS) is 26.8. The monoisotopic (exact) mass is 359 g/mol. The number of piperidine rings is 1. The van der Waals surface area contributed by atoms with Gasteiger partial charge in [0.1, 0.15) is 6.17 Å². The summed E-state index contributed by atoms with van der Waals surface area (Å²) < 4.78 is 0. The summed E-state index contributed by atoms with van der Waals surface area (Å²) in [5.74, 6) is -0.808. The van der Waals surface area contributed by atoms with Crippen LogP contribution in [0.25, 0.3) is 0 Å². The van der Waals surface area contributed by atoms with Crippen LogP contribution in [0.2, 0.25) is 0 Å². The summed E-state index contributed by atoms with van der Waals surface area (Å²) in [7, 11) is 0. The number of allylic oxidation sites excluding steroid dienone is 1. The van der Waals surface area contributed by atoms with Gasteiger partial charge in [0.15, 0.2) is 0 Å². The number of rotatable bonds is 8. The van der Waals surface area contributed by atoms with Crippen molar-refractivity contribution in [2.45, 2.75) is 63.6 Å². The highest BCUT2D eigenvalue weighted by molar-refractivity contribution is 5.87. The largest absolute Gasteiger partial charge is 0.481 e. The first kappa shape index (κ1) is 18.8. The van der Waals surface area contributed by atoms with E-state index in [4.69, 9.17) is 10.1 Å². The molecular formula is C20H29N3O3. The van der Waals surface area contributed by atoms with Gasteiger partial charge in [0, 0.05) is 24.6 Å². The van der Waals surface area contributed by atoms with Crippen LogP contribution in [0, 0.1) is 5.92 Å². The summed E-state index contributed by atoms with van der Waals surface area (Å²) in [5.41, 5.74) is 2.65. The molecule has 6 heteroatoms. The Morgan fingerprint density at radius 2 is 2.38 bits per heavy atom. The van der Waals surface area contributed by atoms with Gasteiger partial charge in [-0.25, -0.2) is 0 Å². The van der Waals surface area contributed by atoms with Gasteiger partial charge in [0.2, 0.25) is 5.91 Å². The van der Waals surface area contributed by atoms with Crippen molar-refractivity contribution in [3.63, 3.8) is 0 Å². The molecule has 0 radical (unpaired) electrons. The average Bonchev–Trinajstić information content (AvgIpc) is 3.00. The van der Waals surface area contributed by atoms with Crippen LogP contribution < -0.4 is 5.32 Å². The highest BCUT2D eigenvalue weighted by Gasteiger charge is 2.35. The number of nitrogens with one attached hydrogen (secondary N) is 1. The van der Waals surface area contributed by atoms with Gasteiger partial charge in [-0.3, -0.25) is 19.9 Å². The summed E-state index contributed by atoms with van der Waals surface area (Å²) in [6.45, 7) is 5.36. The summed E-state index contributed by atoms with van der Waals surface area (Å²) in [4.78, 5) is 30.1. The Labute approximate surface area is 155 Å². The summed E-state index contributed by atoms with van der Waals surface area (Å²) in [5, 5.41) is 12.4. The average molecular weight is 359 g/mol. The first-order chi connectivity index (χ1) is 12.6. The lowest BCUT2D eigenvalue weighted by Crippen LogP contribution is -2.37. The van der Waals surface area contributed by atoms with E-state index in [1.165, 1.54) is 17.7 Å². The topological polar surface area (TPSA) is 82.0 Å². The summed E-state index contributed by atoms with van der Waals surface area (Å²) in [6.07, 6.45) is 10.8. The lowest BCUT2D eigenvalue weighted by atomic mass is 9.95. The highest BCUT2D eigenvalue weighted by Crippen LogP contribution is 2.28. The molecule has 2 saturated heterocycles. The second-order valence-corrected chi connectivity index (χ2v) is 7.45. The molecule has 3 heterocycles. The van der Waals surface area contributed by atoms with Crippen LogP contribution in [0.4, 0.5) is 0 Å². The molecule has 3 atom stereocenters. The van der Waals surface area contributed by atoms with Crippen molar-refractivity contribution >= 4 is 17.6 Å². The van der Waals surface area contributed by atoms with E-state index in [2.05, 4.69) is 18.0 Å². The van der Waals surface area contributed by atoms with Crippen molar-refractivity contribution in [1.82, 2.24) is 10.2 Å². The molecular weight excluding hydrogens is 330 g/mol. The SMILES string of the molecule is C=C[C@H](CC(=O)O)N1CCC(CCCC2=NC3NCCCC3=CC2)C1=O. The fourth-order valence-electron chi connectivity index (χ4n) is 4.20. The molecule has 2 N–H and O–H groups in total. The summed E-state index contributed by atoms with van der Waals surface area (Å²) >= 11 is 0. The number of amides is 1. The summed E-state index contributed by atoms with van der Waals surface area (Å²) in [6, 6.07) is -0.395. The van der Waals surface area contributed by atoms with Crippen molar-refractivity contribution < 1.29 is 14.7 Å². The molecule has 0 aromatic carbocycles. The number of hydrogen-bond acceptors (Lipinski definition) is 4. The number of aliphatic imine (C=N–C) groups is 1. The quantitative estimate of drug-likeness (QED) is 0.653. The van der Waals surface area contributed by atoms with Crippen molar-refractivity contribution in [3.05, 3.63) is 24.3 Å². The van der Waals surface area contributed by atoms with E-state index in [1.54, 1.807) is 11.0 Å². The second-order valence-electron chi connectivity index (χ2n) is 7.45. The molecule has 26 heavy (non-hydrogen) atoms. The third kappa shape index (κ3) is 4.41. The molecule has 0 bridgehead atoms. The number of dihydropyridines is 1. The van der Waals surface area contributed by atoms with E-state index in [0.29, 0.717) is 6.54 Å². The van der Waals surface area contributed by atoms with Gasteiger partial charge in [-0.2, -0.15) is 0 Å². The lowest BCUT2D eigenvalue weighted by molar-refractivity contribution is -0.139. The molecule has 0 saturated carbocycles. The van der Waals surface area contributed by atoms with Gasteiger partial charge >= 0.3 is 5.97 Å². The van der Waals surface area contributed by atoms with Gasteiger partial charge in [0.25, 0.3) is 0 Å². The Morgan fingerprint density at radius 1 is 1.54 bits per heavy atom. The predicted octanol–water partition coefficient (Wildman–Crippen LogP) is 2.52. The van der Waals surface area contributed by atoms with Gasteiger partial charge < -0.3 is 10.0 Å². The molecule has 3 rings (SSSR count). The lowest BCUT2D eigenvalue weighted by Gasteiger charge is -2.28. The van der Waals surface area contributed by atoms with E-state index in [-0.39, 0.29) is 24.4 Å². The highest BCUT2D eigenvalue weighted by atomic mass is 16.4. The van der Waals surface area contributed by atoms with Crippen LogP contribution in [-0.4, -0.2) is 52.9 Å². The Hall–Kier alpha value is -1.95. The number of aliphatic carboxylic acids is 1. The molecule has 0 aromatic rings. The number of carboxylic acid groups (broad SMARTS) is 1. The van der Waals surface area contributed by atoms with Crippen molar-refractivity contribution in [2.24, 2.45) is 10.9 Å². The predicted molar refractivity (Wildman–Crippen MR) is 101 cm³/mol. The van der Waals surface area contributed by atoms with Crippen LogP contribution >= 0.6 is 0 Å². The van der Waals surface area contributed by atoms with Crippen LogP contribution in [0.15, 0.2) is 29.3 Å². The minimum Gasteiger partial charge on any atom is -0.481 e. The Balaban J connectivity index is 1.45. The van der Waals surface area contributed by atoms with E-state index in [0.717, 1.165) is 45.1 Å². The number of fused-ring (bicyclic) bond motifs is 1. The van der Waals surface area contributed by atoms with Crippen molar-refractivity contribution in [2.75, 3.05) is 13.1 Å². The first-order valence-corrected chi connectivity index (χ1v) is 9.71. The van der Waals surface area contributed by atoms with Crippen LogP contribution in [0.1, 0.15) is 51.4 Å². The number of hydrogen-bond donors (Lipinski definition) is 2. The molecule has 0 aromatic heterocycles. The maximum Gasteiger partial charge on any atom is 0.305 e. The minimum atomic E-state index is -0.898. The molecule has 0 aliphatic carbocycles. The fourth-order valence-corrected chi connectivity index (χ4v) is 4.20. The molecule has 3 aliphatic rings. The molecule has 0 spiro atoms. The van der Waals surface area contributed by atoms with Crippen molar-refractivity contribution in [1.29, 1.82) is 0 Å². The zero-order chi connectivity index (χ0) is 18.5. The maximum absolute atomic E-state index is 12.6. The van der Waals surface area contributed by atoms with E-state index < -0.39 is 12.0 Å². The van der Waals surface area contributed by atoms with E-state index in [1.807, 2.05) is 0 Å². The van der Waals surface area contributed by atoms with Gasteiger partial charge in [-0.05, 0) is 50.6 Å². The number of nitrogens with zero attached hydrogens (tertiary/aromatic N) is 2. The van der Waals surface area contributed by atoms with Crippen molar-refractivity contribution in [3.8, 4) is 0 Å². The third-order valence-electron chi connectivity index (χ3n) is 5.67. The Bertz CT molecular complexity index is 626. The molecule has 142 valence electrons. The van der Waals surface area contributed by atoms with E-state index in [9.17, 15) is 9.59 Å². The molecule has 1 amide bonds. The van der Waals surface area contributed by atoms with Crippen LogP contribution in [0.5, 0.6) is 0 Å². The number of likely N-dealkylation sites (tertiary alicyclic amines) is 1. The van der Waals surface area contributed by atoms with Crippen LogP contribution in [0.3, 0.4) is 0 Å². The Kier molecular flexibility index (Phi) is 6.25. The van der Waals surface area contributed by atoms with Crippen LogP contribution in [-0.2, 0) is 9.59 Å². The van der Waals surface area contributed by atoms with Gasteiger partial charge in [-0.1, -0.05) is 12.2 Å². The first-order valence-electron chi connectivity index (χ1n) is 9.71. The standard InChI is InChI=1S/C20H29N3O3/c1-2-17(13-18(24)25)23-12-10-15(20(23)26)5-3-7-16-9-8-14-6-4-11-21-19(14)22-16/h2,8,15,17,19,21H,1,3-7,9-13H2,(H,24,25)/t15?,17-,19?/m1/s1. The fraction of sp³-hybridized carbons (Fsp3) is 0.650. The number of carbonyl (C=O) groups excluding carboxylic acids is 1. The number of carboxylic acids is 1. The van der Waals surface area contributed by atoms with Gasteiger partial charge in [0.05, 0.1) is 12.5 Å². The molecule has 6 nitrogen and oxygen atoms in total.